The van der Waals surface area contributed by atoms with Gasteiger partial charge < -0.3 is 20.4 Å². The van der Waals surface area contributed by atoms with E-state index >= 15 is 0 Å². The molecule has 0 unspecified atom stereocenters. The maximum absolute atomic E-state index is 10.3. The number of nitrogens with zero attached hydrogens (tertiary/aromatic N) is 2. The predicted octanol–water partition coefficient (Wildman–Crippen LogP) is 2.50. The molecule has 0 saturated carbocycles. The molecule has 0 aromatic heterocycles. The van der Waals surface area contributed by atoms with Gasteiger partial charge in [0.25, 0.3) is 0 Å². The Bertz CT molecular complexity index is 383. The van der Waals surface area contributed by atoms with Crippen molar-refractivity contribution in [3.8, 4) is 0 Å². The fourth-order valence-electron chi connectivity index (χ4n) is 1.31. The molecule has 0 bridgehead atoms. The van der Waals surface area contributed by atoms with E-state index in [1.807, 2.05) is 0 Å². The summed E-state index contributed by atoms with van der Waals surface area (Å²) < 4.78 is 0. The zero-order chi connectivity index (χ0) is 18.5. The Morgan fingerprint density at radius 3 is 0.696 bits per heavy atom. The molecule has 0 aliphatic heterocycles. The van der Waals surface area contributed by atoms with E-state index in [1.165, 1.54) is 41.5 Å². The van der Waals surface area contributed by atoms with Crippen molar-refractivity contribution in [2.75, 3.05) is 0 Å². The molecule has 0 aromatic carbocycles. The van der Waals surface area contributed by atoms with Crippen LogP contribution in [0.3, 0.4) is 0 Å². The first kappa shape index (κ1) is 26.4. The zero-order valence-corrected chi connectivity index (χ0v) is 16.3. The van der Waals surface area contributed by atoms with Gasteiger partial charge in [0.05, 0.1) is 0 Å². The van der Waals surface area contributed by atoms with Gasteiger partial charge in [-0.25, -0.2) is 29.0 Å². The number of imide groups is 2. The van der Waals surface area contributed by atoms with Gasteiger partial charge in [0.15, 0.2) is 0 Å². The zero-order valence-electron chi connectivity index (χ0n) is 14.3. The molecule has 0 saturated heterocycles. The third kappa shape index (κ3) is 9.97. The van der Waals surface area contributed by atoms with Gasteiger partial charge in [-0.05, 0) is 41.5 Å². The summed E-state index contributed by atoms with van der Waals surface area (Å²) in [5.41, 5.74) is -1.81. The third-order valence-corrected chi connectivity index (χ3v) is 2.11. The van der Waals surface area contributed by atoms with Crippen molar-refractivity contribution >= 4 is 53.9 Å². The van der Waals surface area contributed by atoms with E-state index < -0.39 is 35.5 Å². The molecule has 23 heavy (non-hydrogen) atoms. The van der Waals surface area contributed by atoms with Crippen molar-refractivity contribution in [1.82, 2.24) is 9.80 Å². The fourth-order valence-corrected chi connectivity index (χ4v) is 1.31. The van der Waals surface area contributed by atoms with Crippen molar-refractivity contribution in [2.45, 2.75) is 52.6 Å². The monoisotopic (exact) mass is 345 g/mol. The van der Waals surface area contributed by atoms with Gasteiger partial charge in [-0.3, -0.25) is 0 Å². The molecule has 0 heterocycles. The molecule has 11 heteroatoms. The van der Waals surface area contributed by atoms with Crippen LogP contribution in [0.25, 0.3) is 0 Å². The predicted molar refractivity (Wildman–Crippen MR) is 81.0 cm³/mol. The van der Waals surface area contributed by atoms with Crippen molar-refractivity contribution in [3.05, 3.63) is 0 Å². The molecule has 0 atom stereocenters. The average Bonchev–Trinajstić information content (AvgIpc) is 2.08. The van der Waals surface area contributed by atoms with E-state index in [4.69, 9.17) is 20.4 Å². The quantitative estimate of drug-likeness (QED) is 0.488. The van der Waals surface area contributed by atoms with Gasteiger partial charge >= 0.3 is 24.4 Å². The Labute approximate surface area is 156 Å². The third-order valence-electron chi connectivity index (χ3n) is 2.11. The summed E-state index contributed by atoms with van der Waals surface area (Å²) in [5, 5.41) is 33.7. The van der Waals surface area contributed by atoms with Crippen LogP contribution in [0, 0.1) is 0 Å². The Morgan fingerprint density at radius 2 is 0.696 bits per heavy atom. The van der Waals surface area contributed by atoms with E-state index in [2.05, 4.69) is 0 Å². The molecule has 0 spiro atoms. The maximum Gasteiger partial charge on any atom is 0.417 e. The fraction of sp³-hybridized carbons (Fsp3) is 0.667. The molecule has 0 aliphatic carbocycles. The molecule has 0 rings (SSSR count). The van der Waals surface area contributed by atoms with Crippen molar-refractivity contribution in [2.24, 2.45) is 0 Å². The van der Waals surface area contributed by atoms with Crippen LogP contribution in [0.15, 0.2) is 0 Å². The van der Waals surface area contributed by atoms with E-state index in [0.29, 0.717) is 9.80 Å². The standard InChI is InChI=1S/2C6H11NO4.Na/c2*1-6(2,3)7(4(8)9)5(10)11;/h2*1-3H3,(H,8,9)(H,10,11);. The van der Waals surface area contributed by atoms with Crippen LogP contribution in [0.1, 0.15) is 41.5 Å². The van der Waals surface area contributed by atoms with Crippen molar-refractivity contribution in [3.63, 3.8) is 0 Å². The first-order valence-electron chi connectivity index (χ1n) is 6.05. The second-order valence-corrected chi connectivity index (χ2v) is 6.14. The minimum Gasteiger partial charge on any atom is -0.465 e. The number of hydrogen-bond acceptors (Lipinski definition) is 4. The SMILES string of the molecule is CC(C)(C)N(C(=O)O)C(=O)O.CC(C)(C)N(C(=O)O)C(=O)O.[Na]. The van der Waals surface area contributed by atoms with Crippen LogP contribution >= 0.6 is 0 Å². The van der Waals surface area contributed by atoms with Crippen LogP contribution < -0.4 is 0 Å². The van der Waals surface area contributed by atoms with Gasteiger partial charge in [0.2, 0.25) is 0 Å². The van der Waals surface area contributed by atoms with Gasteiger partial charge in [-0.2, -0.15) is 0 Å². The summed E-state index contributed by atoms with van der Waals surface area (Å²) in [7, 11) is 0. The second kappa shape index (κ2) is 9.58. The van der Waals surface area contributed by atoms with Crippen LogP contribution in [0.4, 0.5) is 19.2 Å². The smallest absolute Gasteiger partial charge is 0.417 e. The summed E-state index contributed by atoms with van der Waals surface area (Å²) >= 11 is 0. The minimum absolute atomic E-state index is 0. The second-order valence-electron chi connectivity index (χ2n) is 6.14. The summed E-state index contributed by atoms with van der Waals surface area (Å²) in [6, 6.07) is 0. The first-order valence-corrected chi connectivity index (χ1v) is 6.05. The number of amides is 4. The average molecular weight is 345 g/mol. The van der Waals surface area contributed by atoms with Gasteiger partial charge in [0.1, 0.15) is 0 Å². The molecule has 0 aliphatic rings. The number of hydrogen-bond donors (Lipinski definition) is 4. The summed E-state index contributed by atoms with van der Waals surface area (Å²) in [6.07, 6.45) is -5.81. The Hall–Kier alpha value is -1.52. The van der Waals surface area contributed by atoms with Gasteiger partial charge in [-0.1, -0.05) is 0 Å². The molecule has 10 nitrogen and oxygen atoms in total. The largest absolute Gasteiger partial charge is 0.465 e. The molecular weight excluding hydrogens is 323 g/mol. The van der Waals surface area contributed by atoms with Crippen LogP contribution in [-0.2, 0) is 0 Å². The van der Waals surface area contributed by atoms with Crippen molar-refractivity contribution in [1.29, 1.82) is 0 Å². The molecule has 1 radical (unpaired) electrons. The van der Waals surface area contributed by atoms with Crippen LogP contribution in [0.2, 0.25) is 0 Å². The first-order chi connectivity index (χ1) is 9.53. The van der Waals surface area contributed by atoms with E-state index in [1.54, 1.807) is 0 Å². The topological polar surface area (TPSA) is 156 Å². The molecule has 0 aromatic rings. The summed E-state index contributed by atoms with van der Waals surface area (Å²) in [4.78, 5) is 42.0. The Balaban J connectivity index is -0.000000333. The Kier molecular flexibility index (Phi) is 11.0. The summed E-state index contributed by atoms with van der Waals surface area (Å²) in [5.74, 6) is 0. The number of rotatable bonds is 0. The maximum atomic E-state index is 10.3. The Morgan fingerprint density at radius 1 is 0.565 bits per heavy atom. The molecule has 0 fully saturated rings. The minimum atomic E-state index is -1.45. The van der Waals surface area contributed by atoms with Crippen LogP contribution in [0.5, 0.6) is 0 Å². The normalized spacial score (nSPS) is 10.3. The number of carbonyl (C=O) groups is 4. The van der Waals surface area contributed by atoms with E-state index in [9.17, 15) is 19.2 Å². The van der Waals surface area contributed by atoms with E-state index in [0.717, 1.165) is 0 Å². The van der Waals surface area contributed by atoms with Crippen LogP contribution in [-0.4, -0.2) is 95.2 Å². The summed E-state index contributed by atoms with van der Waals surface area (Å²) in [6.45, 7) is 9.06. The molecule has 129 valence electrons. The molecule has 4 N–H and O–H groups in total. The van der Waals surface area contributed by atoms with Gasteiger partial charge in [0, 0.05) is 40.6 Å². The van der Waals surface area contributed by atoms with E-state index in [-0.39, 0.29) is 29.6 Å². The molecular formula is C12H22N2NaO8. The van der Waals surface area contributed by atoms with Crippen molar-refractivity contribution < 1.29 is 39.6 Å². The van der Waals surface area contributed by atoms with Gasteiger partial charge in [-0.15, -0.1) is 0 Å². The molecule has 4 amide bonds. The number of carboxylic acid groups (broad SMARTS) is 4.